The van der Waals surface area contributed by atoms with Gasteiger partial charge >= 0.3 is 0 Å². The maximum Gasteiger partial charge on any atom is 0.179 e. The number of alkyl halides is 1. The van der Waals surface area contributed by atoms with E-state index in [0.29, 0.717) is 5.88 Å². The highest BCUT2D eigenvalue weighted by atomic mass is 35.5. The van der Waals surface area contributed by atoms with Crippen LogP contribution in [0.5, 0.6) is 0 Å². The summed E-state index contributed by atoms with van der Waals surface area (Å²) in [4.78, 5) is 11.5. The molecule has 0 aromatic carbocycles. The van der Waals surface area contributed by atoms with E-state index < -0.39 is 0 Å². The maximum absolute atomic E-state index is 5.90. The molecule has 1 aliphatic heterocycles. The van der Waals surface area contributed by atoms with Gasteiger partial charge in [0.1, 0.15) is 11.3 Å². The van der Waals surface area contributed by atoms with Gasteiger partial charge in [-0.25, -0.2) is 14.6 Å². The lowest BCUT2D eigenvalue weighted by Gasteiger charge is -2.35. The van der Waals surface area contributed by atoms with Crippen LogP contribution >= 0.6 is 11.6 Å². The van der Waals surface area contributed by atoms with Crippen molar-refractivity contribution >= 4 is 22.8 Å². The third-order valence-corrected chi connectivity index (χ3v) is 3.73. The standard InChI is InChI=1S/C13H18ClN5/c1-17-7-9-18(10-8-17)19-12(4-5-14)16-11-3-2-6-15-13(11)19/h2-3,6H,4-5,7-10H2,1H3. The fourth-order valence-corrected chi connectivity index (χ4v) is 2.66. The second-order valence-electron chi connectivity index (χ2n) is 4.88. The first kappa shape index (κ1) is 12.7. The second kappa shape index (κ2) is 5.35. The van der Waals surface area contributed by atoms with E-state index in [0.717, 1.165) is 49.6 Å². The van der Waals surface area contributed by atoms with Crippen LogP contribution in [-0.2, 0) is 6.42 Å². The highest BCUT2D eigenvalue weighted by molar-refractivity contribution is 6.17. The molecule has 102 valence electrons. The molecule has 0 spiro atoms. The van der Waals surface area contributed by atoms with Crippen molar-refractivity contribution in [3.8, 4) is 0 Å². The van der Waals surface area contributed by atoms with Gasteiger partial charge in [-0.05, 0) is 19.2 Å². The van der Waals surface area contributed by atoms with Crippen LogP contribution in [-0.4, -0.2) is 58.7 Å². The van der Waals surface area contributed by atoms with E-state index in [1.165, 1.54) is 0 Å². The summed E-state index contributed by atoms with van der Waals surface area (Å²) in [6.45, 7) is 4.11. The molecule has 19 heavy (non-hydrogen) atoms. The number of piperazine rings is 1. The molecule has 0 N–H and O–H groups in total. The van der Waals surface area contributed by atoms with Crippen molar-refractivity contribution in [3.63, 3.8) is 0 Å². The molecule has 0 saturated carbocycles. The molecule has 1 fully saturated rings. The average Bonchev–Trinajstić information content (AvgIpc) is 2.78. The molecule has 0 amide bonds. The van der Waals surface area contributed by atoms with E-state index in [-0.39, 0.29) is 0 Å². The number of aryl methyl sites for hydroxylation is 1. The van der Waals surface area contributed by atoms with Gasteiger partial charge in [0, 0.05) is 44.7 Å². The molecule has 0 atom stereocenters. The van der Waals surface area contributed by atoms with Crippen molar-refractivity contribution in [1.82, 2.24) is 19.5 Å². The summed E-state index contributed by atoms with van der Waals surface area (Å²) in [5.41, 5.74) is 1.88. The van der Waals surface area contributed by atoms with Crippen molar-refractivity contribution in [3.05, 3.63) is 24.2 Å². The van der Waals surface area contributed by atoms with Gasteiger partial charge in [0.15, 0.2) is 5.65 Å². The van der Waals surface area contributed by atoms with Gasteiger partial charge in [-0.3, -0.25) is 0 Å². The molecule has 0 unspecified atom stereocenters. The van der Waals surface area contributed by atoms with Gasteiger partial charge < -0.3 is 9.91 Å². The SMILES string of the molecule is CN1CCN(n2c(CCCl)nc3cccnc32)CC1. The molecule has 5 nitrogen and oxygen atoms in total. The highest BCUT2D eigenvalue weighted by Gasteiger charge is 2.20. The number of rotatable bonds is 3. The van der Waals surface area contributed by atoms with Gasteiger partial charge in [0.05, 0.1) is 0 Å². The number of pyridine rings is 1. The summed E-state index contributed by atoms with van der Waals surface area (Å²) in [6.07, 6.45) is 2.59. The number of hydrogen-bond acceptors (Lipinski definition) is 4. The summed E-state index contributed by atoms with van der Waals surface area (Å²) in [5, 5.41) is 2.32. The van der Waals surface area contributed by atoms with Crippen LogP contribution in [0, 0.1) is 0 Å². The number of aromatic nitrogens is 3. The van der Waals surface area contributed by atoms with Gasteiger partial charge in [0.25, 0.3) is 0 Å². The van der Waals surface area contributed by atoms with Crippen molar-refractivity contribution in [2.24, 2.45) is 0 Å². The Morgan fingerprint density at radius 3 is 2.79 bits per heavy atom. The normalized spacial score (nSPS) is 17.3. The Balaban J connectivity index is 2.02. The summed E-state index contributed by atoms with van der Waals surface area (Å²) in [6, 6.07) is 3.93. The van der Waals surface area contributed by atoms with Gasteiger partial charge in [-0.15, -0.1) is 11.6 Å². The number of imidazole rings is 1. The summed E-state index contributed by atoms with van der Waals surface area (Å²) >= 11 is 5.90. The zero-order chi connectivity index (χ0) is 13.2. The zero-order valence-electron chi connectivity index (χ0n) is 11.1. The second-order valence-corrected chi connectivity index (χ2v) is 5.26. The number of nitrogens with zero attached hydrogens (tertiary/aromatic N) is 5. The van der Waals surface area contributed by atoms with Crippen LogP contribution in [0.3, 0.4) is 0 Å². The third kappa shape index (κ3) is 2.40. The quantitative estimate of drug-likeness (QED) is 0.789. The number of fused-ring (bicyclic) bond motifs is 1. The molecule has 0 bridgehead atoms. The Morgan fingerprint density at radius 2 is 2.05 bits per heavy atom. The van der Waals surface area contributed by atoms with Crippen molar-refractivity contribution in [2.75, 3.05) is 44.1 Å². The molecular formula is C13H18ClN5. The lowest BCUT2D eigenvalue weighted by Crippen LogP contribution is -2.50. The average molecular weight is 280 g/mol. The van der Waals surface area contributed by atoms with Crippen LogP contribution < -0.4 is 5.01 Å². The van der Waals surface area contributed by atoms with Crippen molar-refractivity contribution < 1.29 is 0 Å². The zero-order valence-corrected chi connectivity index (χ0v) is 11.8. The molecular weight excluding hydrogens is 262 g/mol. The topological polar surface area (TPSA) is 37.2 Å². The number of halogens is 1. The summed E-state index contributed by atoms with van der Waals surface area (Å²) in [5.74, 6) is 1.59. The van der Waals surface area contributed by atoms with Crippen LogP contribution in [0.25, 0.3) is 11.2 Å². The van der Waals surface area contributed by atoms with Crippen molar-refractivity contribution in [1.29, 1.82) is 0 Å². The van der Waals surface area contributed by atoms with Crippen LogP contribution in [0.1, 0.15) is 5.82 Å². The Hall–Kier alpha value is -1.33. The molecule has 2 aromatic rings. The fourth-order valence-electron chi connectivity index (χ4n) is 2.49. The molecule has 6 heteroatoms. The monoisotopic (exact) mass is 279 g/mol. The first-order chi connectivity index (χ1) is 9.29. The van der Waals surface area contributed by atoms with Crippen LogP contribution in [0.4, 0.5) is 0 Å². The molecule has 0 radical (unpaired) electrons. The molecule has 3 heterocycles. The minimum Gasteiger partial charge on any atom is -0.307 e. The summed E-state index contributed by atoms with van der Waals surface area (Å²) < 4.78 is 2.16. The van der Waals surface area contributed by atoms with Crippen LogP contribution in [0.2, 0.25) is 0 Å². The third-order valence-electron chi connectivity index (χ3n) is 3.54. The maximum atomic E-state index is 5.90. The molecule has 2 aromatic heterocycles. The minimum absolute atomic E-state index is 0.580. The highest BCUT2D eigenvalue weighted by Crippen LogP contribution is 2.16. The Bertz CT molecular complexity index is 559. The van der Waals surface area contributed by atoms with E-state index in [2.05, 4.69) is 31.6 Å². The Morgan fingerprint density at radius 1 is 1.26 bits per heavy atom. The molecule has 0 aliphatic carbocycles. The van der Waals surface area contributed by atoms with E-state index >= 15 is 0 Å². The molecule has 1 saturated heterocycles. The Kier molecular flexibility index (Phi) is 3.57. The fraction of sp³-hybridized carbons (Fsp3) is 0.538. The van der Waals surface area contributed by atoms with E-state index in [1.54, 1.807) is 0 Å². The summed E-state index contributed by atoms with van der Waals surface area (Å²) in [7, 11) is 2.15. The number of hydrogen-bond donors (Lipinski definition) is 0. The van der Waals surface area contributed by atoms with Gasteiger partial charge in [-0.1, -0.05) is 0 Å². The van der Waals surface area contributed by atoms with E-state index in [9.17, 15) is 0 Å². The van der Waals surface area contributed by atoms with Gasteiger partial charge in [0.2, 0.25) is 0 Å². The molecule has 3 rings (SSSR count). The van der Waals surface area contributed by atoms with Crippen molar-refractivity contribution in [2.45, 2.75) is 6.42 Å². The predicted molar refractivity (Wildman–Crippen MR) is 77.4 cm³/mol. The lowest BCUT2D eigenvalue weighted by molar-refractivity contribution is 0.287. The first-order valence-electron chi connectivity index (χ1n) is 6.61. The van der Waals surface area contributed by atoms with Gasteiger partial charge in [-0.2, -0.15) is 0 Å². The molecule has 1 aliphatic rings. The first-order valence-corrected chi connectivity index (χ1v) is 7.15. The van der Waals surface area contributed by atoms with Crippen LogP contribution in [0.15, 0.2) is 18.3 Å². The smallest absolute Gasteiger partial charge is 0.179 e. The van der Waals surface area contributed by atoms with E-state index in [1.807, 2.05) is 18.3 Å². The number of likely N-dealkylation sites (N-methyl/N-ethyl adjacent to an activating group) is 1. The van der Waals surface area contributed by atoms with E-state index in [4.69, 9.17) is 11.6 Å². The lowest BCUT2D eigenvalue weighted by atomic mass is 10.4. The Labute approximate surface area is 117 Å². The minimum atomic E-state index is 0.580. The predicted octanol–water partition coefficient (Wildman–Crippen LogP) is 1.10. The largest absolute Gasteiger partial charge is 0.307 e.